The van der Waals surface area contributed by atoms with E-state index in [1.165, 1.54) is 18.4 Å². The van der Waals surface area contributed by atoms with Crippen LogP contribution in [0.2, 0.25) is 0 Å². The molecule has 5 heteroatoms. The molecular formula is C15H25N3O2. The van der Waals surface area contributed by atoms with E-state index < -0.39 is 0 Å². The first-order valence-electron chi connectivity index (χ1n) is 7.61. The second kappa shape index (κ2) is 5.84. The van der Waals surface area contributed by atoms with Crippen molar-refractivity contribution in [3.05, 3.63) is 17.0 Å². The van der Waals surface area contributed by atoms with E-state index in [-0.39, 0.29) is 5.41 Å². The minimum absolute atomic E-state index is 0.285. The van der Waals surface area contributed by atoms with Crippen molar-refractivity contribution in [2.45, 2.75) is 33.2 Å². The molecule has 5 nitrogen and oxygen atoms in total. The summed E-state index contributed by atoms with van der Waals surface area (Å²) in [6.07, 6.45) is 2.51. The zero-order valence-electron chi connectivity index (χ0n) is 12.6. The summed E-state index contributed by atoms with van der Waals surface area (Å²) in [5.74, 6) is 0.948. The van der Waals surface area contributed by atoms with Crippen molar-refractivity contribution in [3.8, 4) is 0 Å². The Hall–Kier alpha value is -0.910. The minimum atomic E-state index is 0.285. The number of rotatable bonds is 2. The summed E-state index contributed by atoms with van der Waals surface area (Å²) in [6.45, 7) is 11.0. The molecule has 2 aliphatic heterocycles. The largest absolute Gasteiger partial charge is 0.379 e. The van der Waals surface area contributed by atoms with E-state index >= 15 is 0 Å². The van der Waals surface area contributed by atoms with Crippen molar-refractivity contribution in [3.63, 3.8) is 0 Å². The van der Waals surface area contributed by atoms with Gasteiger partial charge >= 0.3 is 0 Å². The molecule has 1 N–H and O–H groups in total. The first-order chi connectivity index (χ1) is 9.69. The molecule has 0 saturated carbocycles. The Morgan fingerprint density at radius 2 is 2.30 bits per heavy atom. The second-order valence-corrected chi connectivity index (χ2v) is 6.35. The van der Waals surface area contributed by atoms with E-state index in [1.807, 2.05) is 13.8 Å². The van der Waals surface area contributed by atoms with Gasteiger partial charge in [0.05, 0.1) is 18.9 Å². The van der Waals surface area contributed by atoms with Gasteiger partial charge in [-0.3, -0.25) is 4.90 Å². The number of aromatic nitrogens is 1. The fraction of sp³-hybridized carbons (Fsp3) is 0.800. The number of ether oxygens (including phenoxy) is 1. The van der Waals surface area contributed by atoms with Crippen LogP contribution < -0.4 is 5.32 Å². The highest BCUT2D eigenvalue weighted by Gasteiger charge is 2.36. The fourth-order valence-corrected chi connectivity index (χ4v) is 3.46. The third-order valence-corrected chi connectivity index (χ3v) is 4.64. The van der Waals surface area contributed by atoms with Gasteiger partial charge in [-0.15, -0.1) is 0 Å². The summed E-state index contributed by atoms with van der Waals surface area (Å²) < 4.78 is 11.2. The van der Waals surface area contributed by atoms with Crippen molar-refractivity contribution in [1.29, 1.82) is 0 Å². The molecular weight excluding hydrogens is 254 g/mol. The topological polar surface area (TPSA) is 50.5 Å². The standard InChI is InChI=1S/C15H25N3O2/c1-12-14(13(2)20-17-12)8-18-6-7-19-11-15(10-18)4-3-5-16-9-15/h16H,3-11H2,1-2H3/t15-/m0/s1. The van der Waals surface area contributed by atoms with Gasteiger partial charge in [-0.25, -0.2) is 0 Å². The predicted octanol–water partition coefficient (Wildman–Crippen LogP) is 1.49. The van der Waals surface area contributed by atoms with Gasteiger partial charge in [0.1, 0.15) is 5.76 Å². The molecule has 3 heterocycles. The number of hydrogen-bond acceptors (Lipinski definition) is 5. The molecule has 0 radical (unpaired) electrons. The van der Waals surface area contributed by atoms with E-state index in [2.05, 4.69) is 15.4 Å². The third kappa shape index (κ3) is 2.90. The van der Waals surface area contributed by atoms with Crippen molar-refractivity contribution >= 4 is 0 Å². The lowest BCUT2D eigenvalue weighted by Crippen LogP contribution is -2.48. The lowest BCUT2D eigenvalue weighted by atomic mass is 9.81. The highest BCUT2D eigenvalue weighted by Crippen LogP contribution is 2.30. The summed E-state index contributed by atoms with van der Waals surface area (Å²) in [5.41, 5.74) is 2.54. The first-order valence-corrected chi connectivity index (χ1v) is 7.61. The summed E-state index contributed by atoms with van der Waals surface area (Å²) in [5, 5.41) is 7.60. The Bertz CT molecular complexity index is 432. The van der Waals surface area contributed by atoms with Crippen LogP contribution in [0.5, 0.6) is 0 Å². The SMILES string of the molecule is Cc1noc(C)c1CN1CCOC[C@]2(CCCNC2)C1. The molecule has 2 saturated heterocycles. The van der Waals surface area contributed by atoms with Crippen LogP contribution in [0.25, 0.3) is 0 Å². The second-order valence-electron chi connectivity index (χ2n) is 6.35. The molecule has 112 valence electrons. The Morgan fingerprint density at radius 3 is 3.00 bits per heavy atom. The monoisotopic (exact) mass is 279 g/mol. The zero-order valence-corrected chi connectivity index (χ0v) is 12.6. The van der Waals surface area contributed by atoms with E-state index in [9.17, 15) is 0 Å². The minimum Gasteiger partial charge on any atom is -0.379 e. The molecule has 0 aliphatic carbocycles. The molecule has 20 heavy (non-hydrogen) atoms. The molecule has 1 aromatic rings. The Balaban J connectivity index is 1.72. The van der Waals surface area contributed by atoms with Crippen LogP contribution in [0.3, 0.4) is 0 Å². The van der Waals surface area contributed by atoms with Gasteiger partial charge in [0.15, 0.2) is 0 Å². The lowest BCUT2D eigenvalue weighted by molar-refractivity contribution is 0.0487. The van der Waals surface area contributed by atoms with Crippen LogP contribution in [0.4, 0.5) is 0 Å². The summed E-state index contributed by atoms with van der Waals surface area (Å²) in [4.78, 5) is 2.51. The van der Waals surface area contributed by atoms with Crippen molar-refractivity contribution in [2.24, 2.45) is 5.41 Å². The summed E-state index contributed by atoms with van der Waals surface area (Å²) in [6, 6.07) is 0. The highest BCUT2D eigenvalue weighted by molar-refractivity contribution is 5.20. The van der Waals surface area contributed by atoms with Gasteiger partial charge in [0.25, 0.3) is 0 Å². The average Bonchev–Trinajstić information content (AvgIpc) is 2.65. The van der Waals surface area contributed by atoms with Gasteiger partial charge in [-0.1, -0.05) is 5.16 Å². The van der Waals surface area contributed by atoms with Gasteiger partial charge < -0.3 is 14.6 Å². The van der Waals surface area contributed by atoms with Crippen LogP contribution in [0.15, 0.2) is 4.52 Å². The van der Waals surface area contributed by atoms with Crippen LogP contribution in [-0.2, 0) is 11.3 Å². The van der Waals surface area contributed by atoms with E-state index in [0.29, 0.717) is 0 Å². The molecule has 2 fully saturated rings. The van der Waals surface area contributed by atoms with E-state index in [0.717, 1.165) is 57.4 Å². The number of hydrogen-bond donors (Lipinski definition) is 1. The quantitative estimate of drug-likeness (QED) is 0.889. The average molecular weight is 279 g/mol. The van der Waals surface area contributed by atoms with Crippen LogP contribution in [0.1, 0.15) is 29.9 Å². The Kier molecular flexibility index (Phi) is 4.10. The predicted molar refractivity (Wildman–Crippen MR) is 76.6 cm³/mol. The molecule has 1 spiro atoms. The molecule has 1 aromatic heterocycles. The molecule has 0 amide bonds. The van der Waals surface area contributed by atoms with Crippen molar-refractivity contribution < 1.29 is 9.26 Å². The zero-order chi connectivity index (χ0) is 14.0. The Morgan fingerprint density at radius 1 is 1.40 bits per heavy atom. The van der Waals surface area contributed by atoms with Crippen molar-refractivity contribution in [2.75, 3.05) is 39.4 Å². The van der Waals surface area contributed by atoms with Gasteiger partial charge in [0, 0.05) is 37.2 Å². The number of nitrogens with one attached hydrogen (secondary N) is 1. The van der Waals surface area contributed by atoms with Gasteiger partial charge in [-0.05, 0) is 33.2 Å². The molecule has 2 aliphatic rings. The summed E-state index contributed by atoms with van der Waals surface area (Å²) in [7, 11) is 0. The van der Waals surface area contributed by atoms with Crippen LogP contribution >= 0.6 is 0 Å². The van der Waals surface area contributed by atoms with Crippen LogP contribution in [0, 0.1) is 19.3 Å². The smallest absolute Gasteiger partial charge is 0.138 e. The van der Waals surface area contributed by atoms with Crippen molar-refractivity contribution in [1.82, 2.24) is 15.4 Å². The maximum absolute atomic E-state index is 5.88. The maximum Gasteiger partial charge on any atom is 0.138 e. The normalized spacial score (nSPS) is 28.7. The van der Waals surface area contributed by atoms with Gasteiger partial charge in [0.2, 0.25) is 0 Å². The molecule has 0 bridgehead atoms. The first kappa shape index (κ1) is 14.0. The highest BCUT2D eigenvalue weighted by atomic mass is 16.5. The van der Waals surface area contributed by atoms with Crippen LogP contribution in [-0.4, -0.2) is 49.4 Å². The van der Waals surface area contributed by atoms with E-state index in [1.54, 1.807) is 0 Å². The maximum atomic E-state index is 5.88. The fourth-order valence-electron chi connectivity index (χ4n) is 3.46. The van der Waals surface area contributed by atoms with E-state index in [4.69, 9.17) is 9.26 Å². The van der Waals surface area contributed by atoms with Gasteiger partial charge in [-0.2, -0.15) is 0 Å². The number of nitrogens with zero attached hydrogens (tertiary/aromatic N) is 2. The molecule has 1 atom stereocenters. The molecule has 0 aromatic carbocycles. The molecule has 3 rings (SSSR count). The molecule has 0 unspecified atom stereocenters. The summed E-state index contributed by atoms with van der Waals surface area (Å²) >= 11 is 0. The number of piperidine rings is 1. The Labute approximate surface area is 120 Å². The third-order valence-electron chi connectivity index (χ3n) is 4.64. The lowest BCUT2D eigenvalue weighted by Gasteiger charge is -2.38. The number of aryl methyl sites for hydroxylation is 2.